The fraction of sp³-hybridized carbons (Fsp3) is 0.462. The molecule has 0 unspecified atom stereocenters. The van der Waals surface area contributed by atoms with Crippen LogP contribution in [0.2, 0.25) is 0 Å². The van der Waals surface area contributed by atoms with E-state index in [4.69, 9.17) is 16.3 Å². The van der Waals surface area contributed by atoms with Crippen LogP contribution in [-0.2, 0) is 6.42 Å². The Kier molecular flexibility index (Phi) is 5.33. The summed E-state index contributed by atoms with van der Waals surface area (Å²) < 4.78 is 5.52. The fourth-order valence-electron chi connectivity index (χ4n) is 1.52. The van der Waals surface area contributed by atoms with Gasteiger partial charge >= 0.3 is 0 Å². The molecule has 0 saturated heterocycles. The second-order valence-electron chi connectivity index (χ2n) is 3.58. The van der Waals surface area contributed by atoms with Crippen molar-refractivity contribution in [2.45, 2.75) is 26.7 Å². The number of alkyl halides is 1. The van der Waals surface area contributed by atoms with Gasteiger partial charge in [0.05, 0.1) is 12.5 Å². The zero-order chi connectivity index (χ0) is 12.0. The molecule has 0 amide bonds. The summed E-state index contributed by atoms with van der Waals surface area (Å²) in [5.41, 5.74) is 1.71. The van der Waals surface area contributed by atoms with Crippen LogP contribution < -0.4 is 4.74 Å². The first-order chi connectivity index (χ1) is 7.72. The van der Waals surface area contributed by atoms with E-state index in [9.17, 15) is 4.79 Å². The summed E-state index contributed by atoms with van der Waals surface area (Å²) in [4.78, 5) is 11.5. The molecule has 0 fully saturated rings. The highest BCUT2D eigenvalue weighted by molar-refractivity contribution is 6.30. The van der Waals surface area contributed by atoms with Gasteiger partial charge < -0.3 is 4.74 Å². The number of hydrogen-bond acceptors (Lipinski definition) is 2. The zero-order valence-corrected chi connectivity index (χ0v) is 10.5. The van der Waals surface area contributed by atoms with Crippen LogP contribution in [0.25, 0.3) is 0 Å². The predicted octanol–water partition coefficient (Wildman–Crippen LogP) is 3.46. The summed E-state index contributed by atoms with van der Waals surface area (Å²) >= 11 is 5.56. The average Bonchev–Trinajstić information content (AvgIpc) is 2.34. The van der Waals surface area contributed by atoms with Gasteiger partial charge in [-0.1, -0.05) is 13.8 Å². The van der Waals surface area contributed by atoms with Gasteiger partial charge in [-0.3, -0.25) is 4.79 Å². The Hall–Kier alpha value is -1.02. The van der Waals surface area contributed by atoms with Gasteiger partial charge in [0.1, 0.15) is 5.75 Å². The molecule has 0 heterocycles. The molecule has 0 N–H and O–H groups in total. The van der Waals surface area contributed by atoms with Crippen LogP contribution in [0.15, 0.2) is 18.2 Å². The highest BCUT2D eigenvalue weighted by atomic mass is 35.5. The molecular formula is C13H17ClO2. The quantitative estimate of drug-likeness (QED) is 0.562. The highest BCUT2D eigenvalue weighted by Gasteiger charge is 2.10. The Balaban J connectivity index is 2.92. The molecule has 88 valence electrons. The van der Waals surface area contributed by atoms with Crippen molar-refractivity contribution >= 4 is 17.4 Å². The number of ketones is 1. The maximum absolute atomic E-state index is 11.5. The van der Waals surface area contributed by atoms with Crippen molar-refractivity contribution < 1.29 is 9.53 Å². The standard InChI is InChI=1S/C13H17ClO2/c1-3-7-16-11-5-6-12(13(15)9-14)10(4-2)8-11/h5-6,8H,3-4,7,9H2,1-2H3. The van der Waals surface area contributed by atoms with Crippen molar-refractivity contribution in [3.63, 3.8) is 0 Å². The molecule has 3 heteroatoms. The van der Waals surface area contributed by atoms with Gasteiger partial charge in [-0.2, -0.15) is 0 Å². The van der Waals surface area contributed by atoms with Gasteiger partial charge in [0, 0.05) is 5.56 Å². The van der Waals surface area contributed by atoms with E-state index in [-0.39, 0.29) is 11.7 Å². The number of carbonyl (C=O) groups excluding carboxylic acids is 1. The van der Waals surface area contributed by atoms with Gasteiger partial charge in [-0.15, -0.1) is 11.6 Å². The fourth-order valence-corrected chi connectivity index (χ4v) is 1.66. The van der Waals surface area contributed by atoms with E-state index in [1.54, 1.807) is 6.07 Å². The maximum Gasteiger partial charge on any atom is 0.177 e. The molecule has 0 aliphatic carbocycles. The van der Waals surface area contributed by atoms with Gasteiger partial charge in [0.2, 0.25) is 0 Å². The lowest BCUT2D eigenvalue weighted by atomic mass is 10.0. The minimum Gasteiger partial charge on any atom is -0.494 e. The summed E-state index contributed by atoms with van der Waals surface area (Å²) in [6.45, 7) is 4.78. The van der Waals surface area contributed by atoms with Crippen LogP contribution in [0.3, 0.4) is 0 Å². The number of benzene rings is 1. The summed E-state index contributed by atoms with van der Waals surface area (Å²) in [5, 5.41) is 0. The Morgan fingerprint density at radius 3 is 2.69 bits per heavy atom. The van der Waals surface area contributed by atoms with Crippen LogP contribution >= 0.6 is 11.6 Å². The van der Waals surface area contributed by atoms with Crippen LogP contribution in [0.5, 0.6) is 5.75 Å². The number of hydrogen-bond donors (Lipinski definition) is 0. The Morgan fingerprint density at radius 2 is 2.12 bits per heavy atom. The highest BCUT2D eigenvalue weighted by Crippen LogP contribution is 2.19. The third kappa shape index (κ3) is 3.24. The van der Waals surface area contributed by atoms with E-state index in [2.05, 4.69) is 6.92 Å². The first-order valence-corrected chi connectivity index (χ1v) is 6.11. The molecule has 1 aromatic carbocycles. The van der Waals surface area contributed by atoms with Crippen molar-refractivity contribution in [1.29, 1.82) is 0 Å². The predicted molar refractivity (Wildman–Crippen MR) is 66.7 cm³/mol. The zero-order valence-electron chi connectivity index (χ0n) is 9.75. The second kappa shape index (κ2) is 6.54. The van der Waals surface area contributed by atoms with E-state index in [1.165, 1.54) is 0 Å². The van der Waals surface area contributed by atoms with Gasteiger partial charge in [-0.05, 0) is 36.6 Å². The molecule has 2 nitrogen and oxygen atoms in total. The minimum atomic E-state index is -0.0273. The summed E-state index contributed by atoms with van der Waals surface area (Å²) in [5.74, 6) is 0.827. The van der Waals surface area contributed by atoms with E-state index >= 15 is 0 Å². The van der Waals surface area contributed by atoms with E-state index in [0.29, 0.717) is 12.2 Å². The second-order valence-corrected chi connectivity index (χ2v) is 3.85. The molecule has 1 rings (SSSR count). The Labute approximate surface area is 102 Å². The summed E-state index contributed by atoms with van der Waals surface area (Å²) in [6, 6.07) is 5.55. The number of aryl methyl sites for hydroxylation is 1. The number of halogens is 1. The number of carbonyl (C=O) groups is 1. The smallest absolute Gasteiger partial charge is 0.177 e. The lowest BCUT2D eigenvalue weighted by molar-refractivity contribution is 0.102. The third-order valence-corrected chi connectivity index (χ3v) is 2.59. The van der Waals surface area contributed by atoms with Crippen molar-refractivity contribution in [2.75, 3.05) is 12.5 Å². The van der Waals surface area contributed by atoms with Gasteiger partial charge in [0.15, 0.2) is 5.78 Å². The molecule has 0 aliphatic rings. The molecule has 16 heavy (non-hydrogen) atoms. The molecule has 0 bridgehead atoms. The third-order valence-electron chi connectivity index (χ3n) is 2.35. The van der Waals surface area contributed by atoms with Crippen LogP contribution in [-0.4, -0.2) is 18.3 Å². The molecule has 1 aromatic rings. The summed E-state index contributed by atoms with van der Waals surface area (Å²) in [6.07, 6.45) is 1.78. The Morgan fingerprint density at radius 1 is 1.38 bits per heavy atom. The van der Waals surface area contributed by atoms with Crippen molar-refractivity contribution in [3.8, 4) is 5.75 Å². The Bertz CT molecular complexity index is 361. The number of rotatable bonds is 6. The molecule has 0 aromatic heterocycles. The SMILES string of the molecule is CCCOc1ccc(C(=O)CCl)c(CC)c1. The topological polar surface area (TPSA) is 26.3 Å². The van der Waals surface area contributed by atoms with Gasteiger partial charge in [-0.25, -0.2) is 0 Å². The minimum absolute atomic E-state index is 0.0273. The van der Waals surface area contributed by atoms with E-state index in [0.717, 1.165) is 24.2 Å². The molecule has 0 saturated carbocycles. The number of ether oxygens (including phenoxy) is 1. The van der Waals surface area contributed by atoms with Crippen LogP contribution in [0.4, 0.5) is 0 Å². The lowest BCUT2D eigenvalue weighted by Gasteiger charge is -2.09. The van der Waals surface area contributed by atoms with Crippen LogP contribution in [0, 0.1) is 0 Å². The molecule has 0 spiro atoms. The van der Waals surface area contributed by atoms with Crippen molar-refractivity contribution in [3.05, 3.63) is 29.3 Å². The van der Waals surface area contributed by atoms with Crippen molar-refractivity contribution in [2.24, 2.45) is 0 Å². The van der Waals surface area contributed by atoms with Gasteiger partial charge in [0.25, 0.3) is 0 Å². The summed E-state index contributed by atoms with van der Waals surface area (Å²) in [7, 11) is 0. The largest absolute Gasteiger partial charge is 0.494 e. The first-order valence-electron chi connectivity index (χ1n) is 5.57. The maximum atomic E-state index is 11.5. The lowest BCUT2D eigenvalue weighted by Crippen LogP contribution is -2.05. The van der Waals surface area contributed by atoms with E-state index in [1.807, 2.05) is 19.1 Å². The molecule has 0 aliphatic heterocycles. The molecule has 0 atom stereocenters. The molecular weight excluding hydrogens is 224 g/mol. The van der Waals surface area contributed by atoms with E-state index < -0.39 is 0 Å². The molecule has 0 radical (unpaired) electrons. The monoisotopic (exact) mass is 240 g/mol. The number of Topliss-reactive ketones (excluding diaryl/α,β-unsaturated/α-hetero) is 1. The van der Waals surface area contributed by atoms with Crippen molar-refractivity contribution in [1.82, 2.24) is 0 Å². The first kappa shape index (κ1) is 13.0. The normalized spacial score (nSPS) is 10.2. The van der Waals surface area contributed by atoms with Crippen LogP contribution in [0.1, 0.15) is 36.2 Å². The average molecular weight is 241 g/mol.